The van der Waals surface area contributed by atoms with Crippen molar-refractivity contribution in [3.05, 3.63) is 46.7 Å². The van der Waals surface area contributed by atoms with E-state index in [0.29, 0.717) is 17.8 Å². The van der Waals surface area contributed by atoms with Gasteiger partial charge in [0.15, 0.2) is 0 Å². The predicted octanol–water partition coefficient (Wildman–Crippen LogP) is 2.32. The maximum Gasteiger partial charge on any atom is 0.319 e. The molecule has 124 valence electrons. The summed E-state index contributed by atoms with van der Waals surface area (Å²) in [6.45, 7) is 4.27. The van der Waals surface area contributed by atoms with E-state index in [4.69, 9.17) is 0 Å². The molecule has 0 aromatic heterocycles. The quantitative estimate of drug-likeness (QED) is 0.748. The van der Waals surface area contributed by atoms with Crippen LogP contribution in [0.1, 0.15) is 24.5 Å². The Balaban J connectivity index is 2.09. The highest BCUT2D eigenvalue weighted by Crippen LogP contribution is 2.17. The Morgan fingerprint density at radius 1 is 1.30 bits per heavy atom. The largest absolute Gasteiger partial charge is 0.348 e. The van der Waals surface area contributed by atoms with Gasteiger partial charge in [-0.2, -0.15) is 11.8 Å². The molecule has 0 saturated carbocycles. The van der Waals surface area contributed by atoms with Crippen LogP contribution in [-0.4, -0.2) is 30.0 Å². The number of aryl methyl sites for hydroxylation is 1. The fourth-order valence-corrected chi connectivity index (χ4v) is 3.10. The van der Waals surface area contributed by atoms with Crippen molar-refractivity contribution < 1.29 is 9.59 Å². The van der Waals surface area contributed by atoms with Crippen molar-refractivity contribution in [2.75, 3.05) is 12.0 Å². The zero-order valence-corrected chi connectivity index (χ0v) is 14.5. The first-order chi connectivity index (χ1) is 11.0. The first kappa shape index (κ1) is 17.4. The van der Waals surface area contributed by atoms with E-state index in [2.05, 4.69) is 16.0 Å². The Bertz CT molecular complexity index is 628. The average molecular weight is 333 g/mol. The third kappa shape index (κ3) is 4.51. The van der Waals surface area contributed by atoms with Crippen molar-refractivity contribution >= 4 is 23.7 Å². The molecular formula is C17H23N3O2S. The summed E-state index contributed by atoms with van der Waals surface area (Å²) in [5.74, 6) is 0.747. The number of carbonyl (C=O) groups excluding carboxylic acids is 2. The van der Waals surface area contributed by atoms with E-state index >= 15 is 0 Å². The van der Waals surface area contributed by atoms with E-state index in [1.165, 1.54) is 0 Å². The molecule has 3 amide bonds. The molecule has 0 saturated heterocycles. The summed E-state index contributed by atoms with van der Waals surface area (Å²) in [5.41, 5.74) is 3.48. The van der Waals surface area contributed by atoms with Gasteiger partial charge in [0.05, 0.1) is 11.6 Å². The molecular weight excluding hydrogens is 310 g/mol. The lowest BCUT2D eigenvalue weighted by Crippen LogP contribution is -2.51. The number of allylic oxidation sites excluding steroid dienone is 1. The molecule has 1 unspecified atom stereocenters. The summed E-state index contributed by atoms with van der Waals surface area (Å²) in [6, 6.07) is 7.48. The number of hydrogen-bond acceptors (Lipinski definition) is 3. The van der Waals surface area contributed by atoms with Crippen LogP contribution in [0.3, 0.4) is 0 Å². The second-order valence-corrected chi connectivity index (χ2v) is 6.57. The van der Waals surface area contributed by atoms with E-state index in [1.807, 2.05) is 37.4 Å². The van der Waals surface area contributed by atoms with Crippen LogP contribution in [0, 0.1) is 6.92 Å². The monoisotopic (exact) mass is 333 g/mol. The van der Waals surface area contributed by atoms with Crippen molar-refractivity contribution in [3.8, 4) is 0 Å². The number of urea groups is 1. The average Bonchev–Trinajstić information content (AvgIpc) is 2.51. The van der Waals surface area contributed by atoms with Crippen LogP contribution in [0.5, 0.6) is 0 Å². The maximum atomic E-state index is 12.6. The fraction of sp³-hybridized carbons (Fsp3) is 0.412. The molecule has 3 N–H and O–H groups in total. The van der Waals surface area contributed by atoms with Crippen molar-refractivity contribution in [2.45, 2.75) is 32.9 Å². The van der Waals surface area contributed by atoms with E-state index in [1.54, 1.807) is 18.7 Å². The molecule has 2 rings (SSSR count). The van der Waals surface area contributed by atoms with Crippen LogP contribution in [0.25, 0.3) is 0 Å². The molecule has 0 bridgehead atoms. The molecule has 1 atom stereocenters. The molecule has 0 radical (unpaired) electrons. The lowest BCUT2D eigenvalue weighted by molar-refractivity contribution is -0.118. The number of thioether (sulfide) groups is 1. The molecule has 1 aromatic carbocycles. The highest BCUT2D eigenvalue weighted by atomic mass is 32.2. The van der Waals surface area contributed by atoms with Gasteiger partial charge in [-0.1, -0.05) is 24.3 Å². The molecule has 0 spiro atoms. The second kappa shape index (κ2) is 8.06. The Hall–Kier alpha value is -1.95. The first-order valence-electron chi connectivity index (χ1n) is 7.63. The van der Waals surface area contributed by atoms with Gasteiger partial charge >= 0.3 is 6.03 Å². The minimum Gasteiger partial charge on any atom is -0.348 e. The summed E-state index contributed by atoms with van der Waals surface area (Å²) >= 11 is 1.70. The minimum atomic E-state index is -0.246. The third-order valence-corrected chi connectivity index (χ3v) is 4.56. The molecule has 6 heteroatoms. The Labute approximate surface area is 141 Å². The molecule has 1 aliphatic heterocycles. The number of benzene rings is 1. The van der Waals surface area contributed by atoms with Gasteiger partial charge in [-0.05, 0) is 43.4 Å². The van der Waals surface area contributed by atoms with Gasteiger partial charge in [-0.15, -0.1) is 0 Å². The topological polar surface area (TPSA) is 70.2 Å². The van der Waals surface area contributed by atoms with Crippen molar-refractivity contribution in [3.63, 3.8) is 0 Å². The van der Waals surface area contributed by atoms with E-state index in [-0.39, 0.29) is 18.0 Å². The SMILES string of the molecule is CSCCC1NC(=O)NC(C)=C1C(=O)NCc1ccccc1C. The van der Waals surface area contributed by atoms with Gasteiger partial charge < -0.3 is 16.0 Å². The van der Waals surface area contributed by atoms with Crippen LogP contribution in [0.4, 0.5) is 4.79 Å². The Morgan fingerprint density at radius 3 is 2.74 bits per heavy atom. The first-order valence-corrected chi connectivity index (χ1v) is 9.02. The van der Waals surface area contributed by atoms with Crippen LogP contribution in [-0.2, 0) is 11.3 Å². The van der Waals surface area contributed by atoms with E-state index < -0.39 is 0 Å². The van der Waals surface area contributed by atoms with Crippen LogP contribution < -0.4 is 16.0 Å². The standard InChI is InChI=1S/C17H23N3O2S/c1-11-6-4-5-7-13(11)10-18-16(21)15-12(2)19-17(22)20-14(15)8-9-23-3/h4-7,14H,8-10H2,1-3H3,(H,18,21)(H2,19,20,22). The smallest absolute Gasteiger partial charge is 0.319 e. The Morgan fingerprint density at radius 2 is 2.04 bits per heavy atom. The zero-order chi connectivity index (χ0) is 16.8. The van der Waals surface area contributed by atoms with Gasteiger partial charge in [0.1, 0.15) is 0 Å². The van der Waals surface area contributed by atoms with Crippen molar-refractivity contribution in [2.24, 2.45) is 0 Å². The summed E-state index contributed by atoms with van der Waals surface area (Å²) in [7, 11) is 0. The lowest BCUT2D eigenvalue weighted by atomic mass is 9.99. The molecule has 1 aliphatic rings. The molecule has 1 aromatic rings. The zero-order valence-electron chi connectivity index (χ0n) is 13.7. The van der Waals surface area contributed by atoms with Gasteiger partial charge in [-0.3, -0.25) is 4.79 Å². The summed E-state index contributed by atoms with van der Waals surface area (Å²) in [4.78, 5) is 24.3. The summed E-state index contributed by atoms with van der Waals surface area (Å²) < 4.78 is 0. The van der Waals surface area contributed by atoms with Gasteiger partial charge in [-0.25, -0.2) is 4.79 Å². The number of amides is 3. The minimum absolute atomic E-state index is 0.135. The van der Waals surface area contributed by atoms with E-state index in [0.717, 1.165) is 23.3 Å². The molecule has 0 fully saturated rings. The molecule has 23 heavy (non-hydrogen) atoms. The third-order valence-electron chi connectivity index (χ3n) is 3.91. The van der Waals surface area contributed by atoms with E-state index in [9.17, 15) is 9.59 Å². The number of nitrogens with one attached hydrogen (secondary N) is 3. The van der Waals surface area contributed by atoms with Crippen LogP contribution in [0.2, 0.25) is 0 Å². The van der Waals surface area contributed by atoms with Crippen molar-refractivity contribution in [1.82, 2.24) is 16.0 Å². The number of rotatable bonds is 6. The second-order valence-electron chi connectivity index (χ2n) is 5.58. The summed E-state index contributed by atoms with van der Waals surface area (Å²) in [5, 5.41) is 8.49. The normalized spacial score (nSPS) is 17.5. The summed E-state index contributed by atoms with van der Waals surface area (Å²) in [6.07, 6.45) is 2.75. The van der Waals surface area contributed by atoms with Crippen LogP contribution >= 0.6 is 11.8 Å². The van der Waals surface area contributed by atoms with Gasteiger partial charge in [0, 0.05) is 12.2 Å². The predicted molar refractivity (Wildman–Crippen MR) is 94.2 cm³/mol. The molecule has 5 nitrogen and oxygen atoms in total. The molecule has 1 heterocycles. The highest BCUT2D eigenvalue weighted by Gasteiger charge is 2.29. The van der Waals surface area contributed by atoms with Crippen LogP contribution in [0.15, 0.2) is 35.5 Å². The van der Waals surface area contributed by atoms with Gasteiger partial charge in [0.2, 0.25) is 0 Å². The maximum absolute atomic E-state index is 12.6. The van der Waals surface area contributed by atoms with Crippen molar-refractivity contribution in [1.29, 1.82) is 0 Å². The lowest BCUT2D eigenvalue weighted by Gasteiger charge is -2.28. The molecule has 0 aliphatic carbocycles. The fourth-order valence-electron chi connectivity index (χ4n) is 2.63. The highest BCUT2D eigenvalue weighted by molar-refractivity contribution is 7.98. The number of carbonyl (C=O) groups is 2. The number of hydrogen-bond donors (Lipinski definition) is 3. The van der Waals surface area contributed by atoms with Gasteiger partial charge in [0.25, 0.3) is 5.91 Å². The Kier molecular flexibility index (Phi) is 6.10.